The van der Waals surface area contributed by atoms with Crippen LogP contribution in [0.2, 0.25) is 0 Å². The molecule has 1 fully saturated rings. The number of quaternary nitrogens is 1. The normalized spacial score (nSPS) is 17.0. The predicted octanol–water partition coefficient (Wildman–Crippen LogP) is 2.39. The van der Waals surface area contributed by atoms with Crippen molar-refractivity contribution in [2.24, 2.45) is 0 Å². The molecule has 2 aliphatic rings. The monoisotopic (exact) mass is 413 g/mol. The lowest BCUT2D eigenvalue weighted by atomic mass is 10.1. The van der Waals surface area contributed by atoms with E-state index >= 15 is 0 Å². The summed E-state index contributed by atoms with van der Waals surface area (Å²) in [5.74, 6) is 1.68. The number of aromatic nitrogens is 2. The standard InChI is InChI=1S/C22H25FN4OS/c23-16-4-1-3-15(13-16)7-8-24-21-20-17-5-2-6-18(17)29-22(20)26-19(25-21)14-27-9-11-28-12-10-27/h1,3-4,13H,2,5-12,14H2,(H,24,25,26)/p+1. The third-order valence-electron chi connectivity index (χ3n) is 5.81. The van der Waals surface area contributed by atoms with Gasteiger partial charge >= 0.3 is 0 Å². The van der Waals surface area contributed by atoms with Crippen LogP contribution in [0.3, 0.4) is 0 Å². The van der Waals surface area contributed by atoms with Crippen LogP contribution in [0.4, 0.5) is 10.2 Å². The van der Waals surface area contributed by atoms with Crippen LogP contribution in [0.1, 0.15) is 28.2 Å². The summed E-state index contributed by atoms with van der Waals surface area (Å²) in [5, 5.41) is 4.76. The summed E-state index contributed by atoms with van der Waals surface area (Å²) in [7, 11) is 0. The molecule has 0 amide bonds. The molecule has 3 aromatic rings. The van der Waals surface area contributed by atoms with Crippen LogP contribution < -0.4 is 10.2 Å². The molecule has 1 aliphatic heterocycles. The van der Waals surface area contributed by atoms with Gasteiger partial charge in [-0.3, -0.25) is 0 Å². The summed E-state index contributed by atoms with van der Waals surface area (Å²) in [6.07, 6.45) is 4.26. The Kier molecular flexibility index (Phi) is 5.44. The number of nitrogens with zero attached hydrogens (tertiary/aromatic N) is 2. The van der Waals surface area contributed by atoms with Gasteiger partial charge in [0.25, 0.3) is 0 Å². The van der Waals surface area contributed by atoms with Gasteiger partial charge in [-0.1, -0.05) is 12.1 Å². The maximum atomic E-state index is 13.5. The average Bonchev–Trinajstić information content (AvgIpc) is 3.30. The lowest BCUT2D eigenvalue weighted by molar-refractivity contribution is -0.922. The van der Waals surface area contributed by atoms with E-state index in [9.17, 15) is 4.39 Å². The molecule has 1 saturated heterocycles. The Bertz CT molecular complexity index is 1020. The van der Waals surface area contributed by atoms with Crippen molar-refractivity contribution in [2.75, 3.05) is 38.2 Å². The fourth-order valence-corrected chi connectivity index (χ4v) is 5.61. The SMILES string of the molecule is Fc1cccc(CCNc2nc(C[NH+]3CCOCC3)nc3sc4c(c23)CCC4)c1. The average molecular weight is 414 g/mol. The lowest BCUT2D eigenvalue weighted by Crippen LogP contribution is -3.12. The summed E-state index contributed by atoms with van der Waals surface area (Å²) in [6, 6.07) is 6.82. The van der Waals surface area contributed by atoms with Crippen molar-refractivity contribution in [1.29, 1.82) is 0 Å². The zero-order chi connectivity index (χ0) is 19.6. The van der Waals surface area contributed by atoms with Crippen LogP contribution in [-0.2, 0) is 30.5 Å². The van der Waals surface area contributed by atoms with Crippen molar-refractivity contribution in [3.05, 3.63) is 51.9 Å². The number of rotatable bonds is 6. The van der Waals surface area contributed by atoms with Gasteiger partial charge in [0.2, 0.25) is 0 Å². The first-order valence-electron chi connectivity index (χ1n) is 10.5. The summed E-state index contributed by atoms with van der Waals surface area (Å²) in [5.41, 5.74) is 2.43. The number of morpholine rings is 1. The Morgan fingerprint density at radius 3 is 2.93 bits per heavy atom. The molecule has 152 valence electrons. The molecule has 2 N–H and O–H groups in total. The molecule has 1 aromatic carbocycles. The molecule has 2 aromatic heterocycles. The topological polar surface area (TPSA) is 51.5 Å². The van der Waals surface area contributed by atoms with E-state index in [0.717, 1.165) is 80.7 Å². The van der Waals surface area contributed by atoms with E-state index in [0.29, 0.717) is 0 Å². The molecular formula is C22H26FN4OS+. The van der Waals surface area contributed by atoms with Gasteiger partial charge in [-0.05, 0) is 48.9 Å². The first-order chi connectivity index (χ1) is 14.3. The minimum Gasteiger partial charge on any atom is -0.370 e. The molecule has 3 heterocycles. The summed E-state index contributed by atoms with van der Waals surface area (Å²) in [6.45, 7) is 5.19. The number of nitrogens with one attached hydrogen (secondary N) is 2. The lowest BCUT2D eigenvalue weighted by Gasteiger charge is -2.23. The predicted molar refractivity (Wildman–Crippen MR) is 113 cm³/mol. The van der Waals surface area contributed by atoms with Crippen LogP contribution in [0.15, 0.2) is 24.3 Å². The Morgan fingerprint density at radius 2 is 2.07 bits per heavy atom. The number of fused-ring (bicyclic) bond motifs is 3. The molecular weight excluding hydrogens is 387 g/mol. The van der Waals surface area contributed by atoms with Crippen molar-refractivity contribution in [3.8, 4) is 0 Å². The van der Waals surface area contributed by atoms with Gasteiger partial charge in [-0.25, -0.2) is 14.4 Å². The number of halogens is 1. The maximum Gasteiger partial charge on any atom is 0.187 e. The summed E-state index contributed by atoms with van der Waals surface area (Å²) >= 11 is 1.83. The van der Waals surface area contributed by atoms with E-state index in [4.69, 9.17) is 14.7 Å². The molecule has 7 heteroatoms. The van der Waals surface area contributed by atoms with E-state index < -0.39 is 0 Å². The molecule has 0 atom stereocenters. The zero-order valence-electron chi connectivity index (χ0n) is 16.5. The minimum atomic E-state index is -0.182. The molecule has 0 unspecified atom stereocenters. The first-order valence-corrected chi connectivity index (χ1v) is 11.3. The third-order valence-corrected chi connectivity index (χ3v) is 7.00. The van der Waals surface area contributed by atoms with Gasteiger partial charge in [0.05, 0.1) is 18.6 Å². The molecule has 1 aliphatic carbocycles. The Morgan fingerprint density at radius 1 is 1.17 bits per heavy atom. The highest BCUT2D eigenvalue weighted by Crippen LogP contribution is 2.39. The van der Waals surface area contributed by atoms with Crippen molar-refractivity contribution < 1.29 is 14.0 Å². The molecule has 0 saturated carbocycles. The minimum absolute atomic E-state index is 0.182. The van der Waals surface area contributed by atoms with Crippen molar-refractivity contribution in [2.45, 2.75) is 32.2 Å². The van der Waals surface area contributed by atoms with Crippen molar-refractivity contribution in [1.82, 2.24) is 9.97 Å². The smallest absolute Gasteiger partial charge is 0.187 e. The molecule has 0 spiro atoms. The largest absolute Gasteiger partial charge is 0.370 e. The number of anilines is 1. The molecule has 0 bridgehead atoms. The summed E-state index contributed by atoms with van der Waals surface area (Å²) in [4.78, 5) is 13.9. The Labute approximate surface area is 173 Å². The van der Waals surface area contributed by atoms with Gasteiger partial charge in [0.1, 0.15) is 36.1 Å². The maximum absolute atomic E-state index is 13.5. The summed E-state index contributed by atoms with van der Waals surface area (Å²) < 4.78 is 18.9. The molecule has 29 heavy (non-hydrogen) atoms. The van der Waals surface area contributed by atoms with Crippen molar-refractivity contribution >= 4 is 27.4 Å². The Hall–Kier alpha value is -2.09. The fraction of sp³-hybridized carbons (Fsp3) is 0.455. The van der Waals surface area contributed by atoms with Crippen LogP contribution >= 0.6 is 11.3 Å². The highest BCUT2D eigenvalue weighted by atomic mass is 32.1. The van der Waals surface area contributed by atoms with Gasteiger partial charge in [0, 0.05) is 11.4 Å². The highest BCUT2D eigenvalue weighted by Gasteiger charge is 2.24. The van der Waals surface area contributed by atoms with Gasteiger partial charge in [0.15, 0.2) is 5.82 Å². The second kappa shape index (κ2) is 8.34. The third kappa shape index (κ3) is 4.13. The number of aryl methyl sites for hydroxylation is 2. The quantitative estimate of drug-likeness (QED) is 0.652. The van der Waals surface area contributed by atoms with Gasteiger partial charge in [-0.2, -0.15) is 0 Å². The number of benzene rings is 1. The fourth-order valence-electron chi connectivity index (χ4n) is 4.33. The van der Waals surface area contributed by atoms with E-state index in [1.54, 1.807) is 12.1 Å². The van der Waals surface area contributed by atoms with E-state index in [-0.39, 0.29) is 5.82 Å². The van der Waals surface area contributed by atoms with E-state index in [1.807, 2.05) is 17.4 Å². The van der Waals surface area contributed by atoms with Gasteiger partial charge in [-0.15, -0.1) is 11.3 Å². The van der Waals surface area contributed by atoms with Crippen LogP contribution in [0.25, 0.3) is 10.2 Å². The van der Waals surface area contributed by atoms with Gasteiger partial charge < -0.3 is 15.0 Å². The number of hydrogen-bond acceptors (Lipinski definition) is 5. The number of thiophene rings is 1. The number of hydrogen-bond donors (Lipinski definition) is 2. The zero-order valence-corrected chi connectivity index (χ0v) is 17.3. The second-order valence-corrected chi connectivity index (χ2v) is 8.96. The van der Waals surface area contributed by atoms with Crippen LogP contribution in [-0.4, -0.2) is 42.8 Å². The Balaban J connectivity index is 1.40. The van der Waals surface area contributed by atoms with Crippen LogP contribution in [0.5, 0.6) is 0 Å². The van der Waals surface area contributed by atoms with Crippen molar-refractivity contribution in [3.63, 3.8) is 0 Å². The molecule has 0 radical (unpaired) electrons. The van der Waals surface area contributed by atoms with E-state index in [2.05, 4.69) is 5.32 Å². The van der Waals surface area contributed by atoms with Crippen LogP contribution in [0, 0.1) is 5.82 Å². The van der Waals surface area contributed by atoms with E-state index in [1.165, 1.54) is 33.2 Å². The highest BCUT2D eigenvalue weighted by molar-refractivity contribution is 7.19. The first kappa shape index (κ1) is 18.9. The molecule has 5 nitrogen and oxygen atoms in total. The number of ether oxygens (including phenoxy) is 1. The second-order valence-electron chi connectivity index (χ2n) is 7.87. The molecule has 5 rings (SSSR count).